The Balaban J connectivity index is 1.55. The molecule has 0 N–H and O–H groups in total. The van der Waals surface area contributed by atoms with E-state index in [0.29, 0.717) is 0 Å². The minimum atomic E-state index is -0.291. The lowest BCUT2D eigenvalue weighted by molar-refractivity contribution is -0.131. The average Bonchev–Trinajstić information content (AvgIpc) is 3.33. The fraction of sp³-hybridized carbons (Fsp3) is 0.286. The highest BCUT2D eigenvalue weighted by atomic mass is 19.1. The van der Waals surface area contributed by atoms with E-state index in [9.17, 15) is 9.18 Å². The topological polar surface area (TPSA) is 51.0 Å². The number of likely N-dealkylation sites (tertiary alicyclic amines) is 1. The van der Waals surface area contributed by atoms with Gasteiger partial charge in [0.1, 0.15) is 17.5 Å². The first-order valence-corrected chi connectivity index (χ1v) is 9.13. The van der Waals surface area contributed by atoms with Crippen molar-refractivity contribution < 1.29 is 9.18 Å². The van der Waals surface area contributed by atoms with Crippen molar-refractivity contribution in [2.45, 2.75) is 32.2 Å². The van der Waals surface area contributed by atoms with Crippen LogP contribution in [-0.2, 0) is 11.2 Å². The third kappa shape index (κ3) is 3.60. The van der Waals surface area contributed by atoms with Crippen molar-refractivity contribution >= 4 is 5.91 Å². The van der Waals surface area contributed by atoms with Gasteiger partial charge in [-0.15, -0.1) is 0 Å². The lowest BCUT2D eigenvalue weighted by atomic mass is 10.1. The third-order valence-corrected chi connectivity index (χ3v) is 5.01. The van der Waals surface area contributed by atoms with Crippen LogP contribution in [0.3, 0.4) is 0 Å². The Labute approximate surface area is 157 Å². The first kappa shape index (κ1) is 17.4. The normalized spacial score (nSPS) is 16.7. The molecule has 27 heavy (non-hydrogen) atoms. The van der Waals surface area contributed by atoms with Gasteiger partial charge in [0.25, 0.3) is 0 Å². The zero-order valence-electron chi connectivity index (χ0n) is 15.2. The van der Waals surface area contributed by atoms with Crippen LogP contribution in [0.25, 0.3) is 5.82 Å². The molecule has 0 radical (unpaired) electrons. The molecule has 0 unspecified atom stereocenters. The summed E-state index contributed by atoms with van der Waals surface area (Å²) >= 11 is 0. The third-order valence-electron chi connectivity index (χ3n) is 5.01. The standard InChI is InChI=1S/C21H21FN4O/c1-15-23-11-13-25(15)20-6-2-4-18(24-20)19-5-3-12-26(19)21(27)14-16-7-9-17(22)10-8-16/h2,4,6-11,13,19H,3,5,12,14H2,1H3/t19-/m0/s1. The Kier molecular flexibility index (Phi) is 4.71. The van der Waals surface area contributed by atoms with Crippen molar-refractivity contribution in [1.82, 2.24) is 19.4 Å². The fourth-order valence-corrected chi connectivity index (χ4v) is 3.63. The summed E-state index contributed by atoms with van der Waals surface area (Å²) in [7, 11) is 0. The van der Waals surface area contributed by atoms with Crippen LogP contribution in [0, 0.1) is 12.7 Å². The molecule has 138 valence electrons. The zero-order chi connectivity index (χ0) is 18.8. The monoisotopic (exact) mass is 364 g/mol. The molecule has 4 rings (SSSR count). The van der Waals surface area contributed by atoms with E-state index in [4.69, 9.17) is 4.98 Å². The van der Waals surface area contributed by atoms with Gasteiger partial charge in [-0.25, -0.2) is 14.4 Å². The number of rotatable bonds is 4. The summed E-state index contributed by atoms with van der Waals surface area (Å²) < 4.78 is 15.0. The average molecular weight is 364 g/mol. The number of pyridine rings is 1. The molecule has 1 saturated heterocycles. The molecule has 0 saturated carbocycles. The van der Waals surface area contributed by atoms with Gasteiger partial charge in [-0.3, -0.25) is 9.36 Å². The highest BCUT2D eigenvalue weighted by Gasteiger charge is 2.31. The molecule has 1 aromatic carbocycles. The van der Waals surface area contributed by atoms with Crippen molar-refractivity contribution in [3.05, 3.63) is 77.8 Å². The van der Waals surface area contributed by atoms with Crippen molar-refractivity contribution in [2.75, 3.05) is 6.54 Å². The molecule has 1 fully saturated rings. The van der Waals surface area contributed by atoms with E-state index in [1.807, 2.05) is 40.8 Å². The van der Waals surface area contributed by atoms with Crippen LogP contribution in [0.1, 0.15) is 36.0 Å². The highest BCUT2D eigenvalue weighted by molar-refractivity contribution is 5.79. The number of halogens is 1. The van der Waals surface area contributed by atoms with Crippen LogP contribution in [0.5, 0.6) is 0 Å². The number of nitrogens with zero attached hydrogens (tertiary/aromatic N) is 4. The number of carbonyl (C=O) groups excluding carboxylic acids is 1. The summed E-state index contributed by atoms with van der Waals surface area (Å²) in [5.74, 6) is 1.44. The van der Waals surface area contributed by atoms with E-state index in [1.54, 1.807) is 18.3 Å². The number of hydrogen-bond acceptors (Lipinski definition) is 3. The largest absolute Gasteiger partial charge is 0.334 e. The Bertz CT molecular complexity index is 951. The Morgan fingerprint density at radius 3 is 2.78 bits per heavy atom. The van der Waals surface area contributed by atoms with Crippen LogP contribution in [0.15, 0.2) is 54.9 Å². The van der Waals surface area contributed by atoms with Gasteiger partial charge in [0.2, 0.25) is 5.91 Å². The van der Waals surface area contributed by atoms with E-state index >= 15 is 0 Å². The first-order valence-electron chi connectivity index (χ1n) is 9.13. The predicted molar refractivity (Wildman–Crippen MR) is 99.9 cm³/mol. The predicted octanol–water partition coefficient (Wildman–Crippen LogP) is 3.62. The van der Waals surface area contributed by atoms with Gasteiger partial charge in [-0.2, -0.15) is 0 Å². The maximum atomic E-state index is 13.1. The summed E-state index contributed by atoms with van der Waals surface area (Å²) in [4.78, 5) is 23.8. The fourth-order valence-electron chi connectivity index (χ4n) is 3.63. The number of hydrogen-bond donors (Lipinski definition) is 0. The SMILES string of the molecule is Cc1nccn1-c1cccc([C@@H]2CCCN2C(=O)Cc2ccc(F)cc2)n1. The van der Waals surface area contributed by atoms with E-state index in [0.717, 1.165) is 42.3 Å². The lowest BCUT2D eigenvalue weighted by Crippen LogP contribution is -2.32. The molecule has 1 atom stereocenters. The number of carbonyl (C=O) groups is 1. The molecule has 0 bridgehead atoms. The van der Waals surface area contributed by atoms with Gasteiger partial charge in [0.15, 0.2) is 0 Å². The lowest BCUT2D eigenvalue weighted by Gasteiger charge is -2.25. The number of benzene rings is 1. The summed E-state index contributed by atoms with van der Waals surface area (Å²) in [6.07, 6.45) is 5.76. The Morgan fingerprint density at radius 2 is 2.04 bits per heavy atom. The van der Waals surface area contributed by atoms with Gasteiger partial charge >= 0.3 is 0 Å². The molecule has 1 amide bonds. The molecular weight excluding hydrogens is 343 g/mol. The zero-order valence-corrected chi connectivity index (χ0v) is 15.2. The second-order valence-corrected chi connectivity index (χ2v) is 6.81. The van der Waals surface area contributed by atoms with Gasteiger partial charge in [-0.05, 0) is 49.6 Å². The quantitative estimate of drug-likeness (QED) is 0.710. The van der Waals surface area contributed by atoms with Gasteiger partial charge in [0.05, 0.1) is 18.2 Å². The molecule has 0 spiro atoms. The van der Waals surface area contributed by atoms with E-state index < -0.39 is 0 Å². The summed E-state index contributed by atoms with van der Waals surface area (Å²) in [6, 6.07) is 12.0. The molecular formula is C21H21FN4O. The number of aromatic nitrogens is 3. The number of aryl methyl sites for hydroxylation is 1. The number of amides is 1. The van der Waals surface area contributed by atoms with Crippen molar-refractivity contribution in [3.8, 4) is 5.82 Å². The van der Waals surface area contributed by atoms with E-state index in [1.165, 1.54) is 12.1 Å². The molecule has 1 aliphatic rings. The highest BCUT2D eigenvalue weighted by Crippen LogP contribution is 2.31. The molecule has 5 nitrogen and oxygen atoms in total. The molecule has 1 aliphatic heterocycles. The maximum absolute atomic E-state index is 13.1. The summed E-state index contributed by atoms with van der Waals surface area (Å²) in [6.45, 7) is 2.66. The van der Waals surface area contributed by atoms with Crippen molar-refractivity contribution in [2.24, 2.45) is 0 Å². The van der Waals surface area contributed by atoms with E-state index in [2.05, 4.69) is 4.98 Å². The Morgan fingerprint density at radius 1 is 1.22 bits per heavy atom. The van der Waals surface area contributed by atoms with Crippen LogP contribution in [0.2, 0.25) is 0 Å². The number of imidazole rings is 1. The maximum Gasteiger partial charge on any atom is 0.227 e. The molecule has 3 aromatic rings. The minimum Gasteiger partial charge on any atom is -0.334 e. The Hall–Kier alpha value is -3.02. The van der Waals surface area contributed by atoms with Crippen LogP contribution in [-0.4, -0.2) is 31.9 Å². The minimum absolute atomic E-state index is 0.0262. The summed E-state index contributed by atoms with van der Waals surface area (Å²) in [5.41, 5.74) is 1.72. The van der Waals surface area contributed by atoms with Gasteiger partial charge < -0.3 is 4.90 Å². The second kappa shape index (κ2) is 7.31. The molecule has 2 aromatic heterocycles. The molecule has 3 heterocycles. The molecule has 0 aliphatic carbocycles. The van der Waals surface area contributed by atoms with Gasteiger partial charge in [0, 0.05) is 18.9 Å². The summed E-state index contributed by atoms with van der Waals surface area (Å²) in [5, 5.41) is 0. The van der Waals surface area contributed by atoms with Gasteiger partial charge in [-0.1, -0.05) is 18.2 Å². The van der Waals surface area contributed by atoms with E-state index in [-0.39, 0.29) is 24.2 Å². The van der Waals surface area contributed by atoms with Crippen molar-refractivity contribution in [3.63, 3.8) is 0 Å². The first-order chi connectivity index (χ1) is 13.1. The van der Waals surface area contributed by atoms with Crippen LogP contribution < -0.4 is 0 Å². The van der Waals surface area contributed by atoms with Crippen molar-refractivity contribution in [1.29, 1.82) is 0 Å². The van der Waals surface area contributed by atoms with Crippen LogP contribution in [0.4, 0.5) is 4.39 Å². The smallest absolute Gasteiger partial charge is 0.227 e. The van der Waals surface area contributed by atoms with Crippen LogP contribution >= 0.6 is 0 Å². The second-order valence-electron chi connectivity index (χ2n) is 6.81. The molecule has 6 heteroatoms.